The molecule has 5 rings (SSSR count). The van der Waals surface area contributed by atoms with Crippen LogP contribution in [-0.4, -0.2) is 39.5 Å². The molecule has 2 aliphatic rings. The van der Waals surface area contributed by atoms with Crippen LogP contribution in [0.5, 0.6) is 0 Å². The molecule has 1 saturated carbocycles. The van der Waals surface area contributed by atoms with Gasteiger partial charge in [-0.2, -0.15) is 0 Å². The van der Waals surface area contributed by atoms with E-state index in [4.69, 9.17) is 16.6 Å². The van der Waals surface area contributed by atoms with Gasteiger partial charge in [0.05, 0.1) is 16.1 Å². The zero-order valence-corrected chi connectivity index (χ0v) is 24.7. The van der Waals surface area contributed by atoms with Gasteiger partial charge in [0.2, 0.25) is 5.95 Å². The van der Waals surface area contributed by atoms with E-state index in [2.05, 4.69) is 54.7 Å². The summed E-state index contributed by atoms with van der Waals surface area (Å²) in [5, 5.41) is 11.6. The van der Waals surface area contributed by atoms with E-state index in [-0.39, 0.29) is 41.8 Å². The summed E-state index contributed by atoms with van der Waals surface area (Å²) >= 11 is 8.10. The Kier molecular flexibility index (Phi) is 9.18. The molecule has 2 aromatic heterocycles. The summed E-state index contributed by atoms with van der Waals surface area (Å²) in [4.78, 5) is 22.8. The van der Waals surface area contributed by atoms with Crippen LogP contribution in [0, 0.1) is 0 Å². The maximum Gasteiger partial charge on any atom is 0.252 e. The number of piperidine rings is 1. The van der Waals surface area contributed by atoms with Crippen molar-refractivity contribution >= 4 is 69.7 Å². The van der Waals surface area contributed by atoms with Crippen LogP contribution in [0.1, 0.15) is 63.7 Å². The molecule has 1 amide bonds. The first-order valence-electron chi connectivity index (χ1n) is 12.2. The van der Waals surface area contributed by atoms with Crippen LogP contribution in [0.2, 0.25) is 5.02 Å². The molecule has 1 aliphatic heterocycles. The fourth-order valence-corrected chi connectivity index (χ4v) is 6.47. The quantitative estimate of drug-likeness (QED) is 0.272. The van der Waals surface area contributed by atoms with E-state index >= 15 is 0 Å². The minimum absolute atomic E-state index is 0. The zero-order chi connectivity index (χ0) is 24.8. The number of aromatic nitrogens is 2. The van der Waals surface area contributed by atoms with Crippen molar-refractivity contribution in [2.75, 3.05) is 11.9 Å². The number of hydrogen-bond acceptors (Lipinski definition) is 6. The van der Waals surface area contributed by atoms with Gasteiger partial charge in [-0.15, -0.1) is 36.2 Å². The third-order valence-corrected chi connectivity index (χ3v) is 7.75. The number of fused-ring (bicyclic) bond motifs is 1. The van der Waals surface area contributed by atoms with Gasteiger partial charge in [0.1, 0.15) is 5.69 Å². The lowest BCUT2D eigenvalue weighted by molar-refractivity contribution is 0.0952. The largest absolute Gasteiger partial charge is 0.351 e. The van der Waals surface area contributed by atoms with Crippen LogP contribution in [0.4, 0.5) is 5.95 Å². The van der Waals surface area contributed by atoms with Crippen molar-refractivity contribution in [3.63, 3.8) is 0 Å². The monoisotopic (exact) mass is 581 g/mol. The molecule has 0 spiro atoms. The van der Waals surface area contributed by atoms with E-state index in [1.807, 2.05) is 24.3 Å². The molecule has 3 heterocycles. The van der Waals surface area contributed by atoms with Crippen LogP contribution in [0.25, 0.3) is 20.7 Å². The summed E-state index contributed by atoms with van der Waals surface area (Å²) in [6.07, 6.45) is 8.05. The molecule has 2 fully saturated rings. The van der Waals surface area contributed by atoms with Crippen LogP contribution in [-0.2, 0) is 0 Å². The topological polar surface area (TPSA) is 78.9 Å². The van der Waals surface area contributed by atoms with Crippen molar-refractivity contribution in [1.82, 2.24) is 20.6 Å². The fraction of sp³-hybridized carbons (Fsp3) is 0.444. The molecule has 0 unspecified atom stereocenters. The Labute approximate surface area is 239 Å². The molecule has 3 aromatic rings. The molecule has 200 valence electrons. The van der Waals surface area contributed by atoms with Gasteiger partial charge in [0.25, 0.3) is 5.91 Å². The number of carbonyl (C=O) groups is 1. The zero-order valence-electron chi connectivity index (χ0n) is 21.5. The van der Waals surface area contributed by atoms with Crippen LogP contribution >= 0.6 is 47.8 Å². The molecule has 1 aromatic carbocycles. The van der Waals surface area contributed by atoms with Crippen molar-refractivity contribution in [3.8, 4) is 10.6 Å². The highest BCUT2D eigenvalue weighted by molar-refractivity contribution is 7.22. The highest BCUT2D eigenvalue weighted by Crippen LogP contribution is 2.38. The first-order valence-corrected chi connectivity index (χ1v) is 13.4. The number of nitrogens with one attached hydrogen (secondary N) is 3. The van der Waals surface area contributed by atoms with E-state index in [0.717, 1.165) is 40.6 Å². The van der Waals surface area contributed by atoms with E-state index < -0.39 is 0 Å². The van der Waals surface area contributed by atoms with Gasteiger partial charge in [0.15, 0.2) is 0 Å². The number of hydrogen-bond donors (Lipinski definition) is 3. The highest BCUT2D eigenvalue weighted by atomic mass is 35.5. The van der Waals surface area contributed by atoms with Gasteiger partial charge in [-0.25, -0.2) is 9.97 Å². The normalized spacial score (nSPS) is 17.9. The van der Waals surface area contributed by atoms with E-state index in [0.29, 0.717) is 34.8 Å². The second kappa shape index (κ2) is 11.5. The summed E-state index contributed by atoms with van der Waals surface area (Å²) in [5.41, 5.74) is 2.96. The molecule has 3 N–H and O–H groups in total. The summed E-state index contributed by atoms with van der Waals surface area (Å²) in [6, 6.07) is 8.16. The molecule has 6 nitrogen and oxygen atoms in total. The number of benzene rings is 1. The second-order valence-electron chi connectivity index (χ2n) is 11.0. The Morgan fingerprint density at radius 2 is 1.89 bits per heavy atom. The van der Waals surface area contributed by atoms with Crippen molar-refractivity contribution in [3.05, 3.63) is 52.7 Å². The van der Waals surface area contributed by atoms with Gasteiger partial charge in [0, 0.05) is 39.3 Å². The Morgan fingerprint density at radius 1 is 1.19 bits per heavy atom. The van der Waals surface area contributed by atoms with E-state index in [1.165, 1.54) is 5.57 Å². The molecular weight excluding hydrogens is 549 g/mol. The minimum atomic E-state index is -0.0177. The lowest BCUT2D eigenvalue weighted by Gasteiger charge is -2.44. The Balaban J connectivity index is 0.00000190. The molecular formula is C27H34Cl3N5OS. The van der Waals surface area contributed by atoms with Crippen molar-refractivity contribution < 1.29 is 4.79 Å². The van der Waals surface area contributed by atoms with Gasteiger partial charge in [-0.05, 0) is 71.6 Å². The highest BCUT2D eigenvalue weighted by Gasteiger charge is 2.34. The summed E-state index contributed by atoms with van der Waals surface area (Å²) in [5.74, 6) is 0.522. The van der Waals surface area contributed by atoms with Gasteiger partial charge in [-0.3, -0.25) is 4.79 Å². The Hall–Kier alpha value is -1.90. The smallest absolute Gasteiger partial charge is 0.252 e. The number of rotatable bonds is 6. The Morgan fingerprint density at radius 3 is 2.57 bits per heavy atom. The molecule has 0 bridgehead atoms. The number of thiophene rings is 1. The third kappa shape index (κ3) is 7.15. The number of amides is 1. The number of carbonyl (C=O) groups excluding carboxylic acids is 1. The second-order valence-corrected chi connectivity index (χ2v) is 12.4. The molecule has 10 heteroatoms. The average Bonchev–Trinajstić information content (AvgIpc) is 3.46. The van der Waals surface area contributed by atoms with Crippen molar-refractivity contribution in [1.29, 1.82) is 0 Å². The fourth-order valence-electron chi connectivity index (χ4n) is 5.12. The maximum atomic E-state index is 12.7. The lowest BCUT2D eigenvalue weighted by Crippen LogP contribution is -2.55. The summed E-state index contributed by atoms with van der Waals surface area (Å²) in [6.45, 7) is 9.64. The maximum absolute atomic E-state index is 12.7. The molecule has 37 heavy (non-hydrogen) atoms. The van der Waals surface area contributed by atoms with E-state index in [9.17, 15) is 4.79 Å². The minimum Gasteiger partial charge on any atom is -0.351 e. The number of halogens is 3. The summed E-state index contributed by atoms with van der Waals surface area (Å²) in [7, 11) is 0. The molecule has 1 aliphatic carbocycles. The predicted molar refractivity (Wildman–Crippen MR) is 160 cm³/mol. The van der Waals surface area contributed by atoms with Gasteiger partial charge >= 0.3 is 0 Å². The molecule has 0 radical (unpaired) electrons. The first-order chi connectivity index (χ1) is 16.6. The SMILES string of the molecule is CC1(C)CC(=CCNc2ncc(Cl)c(-c3cc4c(C(=O)NC5CC5)cccc4s3)n2)CC(C)(C)N1.Cl.Cl. The third-order valence-electron chi connectivity index (χ3n) is 6.36. The lowest BCUT2D eigenvalue weighted by atomic mass is 9.79. The van der Waals surface area contributed by atoms with Crippen molar-refractivity contribution in [2.45, 2.75) is 70.5 Å². The van der Waals surface area contributed by atoms with E-state index in [1.54, 1.807) is 17.5 Å². The van der Waals surface area contributed by atoms with Gasteiger partial charge in [-0.1, -0.05) is 29.3 Å². The van der Waals surface area contributed by atoms with Crippen LogP contribution in [0.3, 0.4) is 0 Å². The Bertz CT molecular complexity index is 1300. The average molecular weight is 583 g/mol. The number of anilines is 1. The van der Waals surface area contributed by atoms with Crippen LogP contribution in [0.15, 0.2) is 42.1 Å². The molecule has 1 saturated heterocycles. The summed E-state index contributed by atoms with van der Waals surface area (Å²) < 4.78 is 1.04. The number of nitrogens with zero attached hydrogens (tertiary/aromatic N) is 2. The molecule has 0 atom stereocenters. The standard InChI is InChI=1S/C27H32ClN5OS.2ClH/c1-26(2)13-16(14-27(3,4)33-26)10-11-29-25-30-15-20(28)23(32-25)22-12-19-18(6-5-7-21(19)35-22)24(34)31-17-8-9-17;;/h5-7,10,12,15,17,33H,8-9,11,13-14H2,1-4H3,(H,31,34)(H,29,30,32);2*1H. The van der Waals surface area contributed by atoms with Gasteiger partial charge < -0.3 is 16.0 Å². The first kappa shape index (κ1) is 29.7. The van der Waals surface area contributed by atoms with Crippen LogP contribution < -0.4 is 16.0 Å². The van der Waals surface area contributed by atoms with Crippen molar-refractivity contribution in [2.24, 2.45) is 0 Å². The predicted octanol–water partition coefficient (Wildman–Crippen LogP) is 7.03.